The number of amides is 1. The Hall–Kier alpha value is -3.54. The number of carbonyl (C=O) groups excluding carboxylic acids is 1. The van der Waals surface area contributed by atoms with E-state index in [4.69, 9.17) is 25.2 Å². The van der Waals surface area contributed by atoms with Crippen LogP contribution in [0.1, 0.15) is 33.6 Å². The van der Waals surface area contributed by atoms with Crippen LogP contribution < -0.4 is 10.6 Å². The molecule has 0 aliphatic carbocycles. The molecular formula is C24H33N9O3. The summed E-state index contributed by atoms with van der Waals surface area (Å²) < 4.78 is 13.1. The third kappa shape index (κ3) is 5.32. The van der Waals surface area contributed by atoms with E-state index in [0.717, 1.165) is 43.7 Å². The molecule has 0 saturated carbocycles. The molecule has 36 heavy (non-hydrogen) atoms. The van der Waals surface area contributed by atoms with Crippen LogP contribution in [0.3, 0.4) is 0 Å². The fourth-order valence-corrected chi connectivity index (χ4v) is 4.54. The van der Waals surface area contributed by atoms with Gasteiger partial charge in [0, 0.05) is 50.7 Å². The lowest BCUT2D eigenvalue weighted by Gasteiger charge is -2.33. The normalized spacial score (nSPS) is 17.5. The summed E-state index contributed by atoms with van der Waals surface area (Å²) in [6.07, 6.45) is 6.69. The second-order valence-electron chi connectivity index (χ2n) is 10.3. The van der Waals surface area contributed by atoms with Crippen LogP contribution in [0, 0.1) is 5.92 Å². The number of morpholine rings is 1. The van der Waals surface area contributed by atoms with Gasteiger partial charge in [0.25, 0.3) is 0 Å². The molecule has 2 aliphatic heterocycles. The maximum atomic E-state index is 12.4. The van der Waals surface area contributed by atoms with Crippen molar-refractivity contribution in [2.24, 2.45) is 5.92 Å². The number of rotatable bonds is 4. The number of likely N-dealkylation sites (tertiary alicyclic amines) is 1. The van der Waals surface area contributed by atoms with E-state index in [-0.39, 0.29) is 12.0 Å². The average molecular weight is 496 g/mol. The molecule has 0 bridgehead atoms. The molecular weight excluding hydrogens is 462 g/mol. The minimum atomic E-state index is -0.491. The van der Waals surface area contributed by atoms with Crippen molar-refractivity contribution >= 4 is 29.2 Å². The zero-order chi connectivity index (χ0) is 25.3. The van der Waals surface area contributed by atoms with Crippen molar-refractivity contribution < 1.29 is 14.3 Å². The summed E-state index contributed by atoms with van der Waals surface area (Å²) in [6, 6.07) is 0. The summed E-state index contributed by atoms with van der Waals surface area (Å²) in [6.45, 7) is 10.5. The first-order valence-electron chi connectivity index (χ1n) is 12.4. The van der Waals surface area contributed by atoms with Crippen LogP contribution in [0.5, 0.6) is 0 Å². The molecule has 0 atom stereocenters. The number of nitrogens with two attached hydrogens (primary N) is 1. The van der Waals surface area contributed by atoms with Crippen molar-refractivity contribution in [3.05, 3.63) is 18.7 Å². The van der Waals surface area contributed by atoms with Crippen molar-refractivity contribution in [2.45, 2.75) is 45.8 Å². The molecule has 3 aromatic rings. The fourth-order valence-electron chi connectivity index (χ4n) is 4.54. The van der Waals surface area contributed by atoms with E-state index in [1.807, 2.05) is 27.1 Å². The van der Waals surface area contributed by atoms with Gasteiger partial charge in [0.05, 0.1) is 19.5 Å². The Kier molecular flexibility index (Phi) is 6.61. The first-order chi connectivity index (χ1) is 17.3. The molecule has 12 nitrogen and oxygen atoms in total. The molecule has 2 fully saturated rings. The Labute approximate surface area is 209 Å². The van der Waals surface area contributed by atoms with Gasteiger partial charge in [-0.2, -0.15) is 4.98 Å². The van der Waals surface area contributed by atoms with E-state index in [1.54, 1.807) is 17.3 Å². The maximum Gasteiger partial charge on any atom is 0.410 e. The number of imidazole rings is 1. The SMILES string of the molecule is CC(C)(C)OC(=O)N1CCC(Cn2cnc3c(-c4cnc(N)nc4)nc(N4CCOCC4)nc32)CC1. The van der Waals surface area contributed by atoms with Crippen LogP contribution in [0.15, 0.2) is 18.7 Å². The van der Waals surface area contributed by atoms with Crippen LogP contribution in [-0.4, -0.2) is 85.5 Å². The van der Waals surface area contributed by atoms with Gasteiger partial charge in [-0.3, -0.25) is 0 Å². The monoisotopic (exact) mass is 495 g/mol. The van der Waals surface area contributed by atoms with Crippen molar-refractivity contribution in [1.29, 1.82) is 0 Å². The smallest absolute Gasteiger partial charge is 0.410 e. The van der Waals surface area contributed by atoms with Gasteiger partial charge in [0.15, 0.2) is 5.65 Å². The fraction of sp³-hybridized carbons (Fsp3) is 0.583. The highest BCUT2D eigenvalue weighted by Crippen LogP contribution is 2.29. The minimum absolute atomic E-state index is 0.209. The predicted molar refractivity (Wildman–Crippen MR) is 134 cm³/mol. The lowest BCUT2D eigenvalue weighted by Crippen LogP contribution is -2.42. The van der Waals surface area contributed by atoms with Gasteiger partial charge in [0.2, 0.25) is 11.9 Å². The van der Waals surface area contributed by atoms with Crippen LogP contribution in [0.2, 0.25) is 0 Å². The Morgan fingerprint density at radius 1 is 1.08 bits per heavy atom. The van der Waals surface area contributed by atoms with E-state index < -0.39 is 5.60 Å². The molecule has 0 spiro atoms. The molecule has 5 rings (SSSR count). The van der Waals surface area contributed by atoms with E-state index in [9.17, 15) is 4.79 Å². The number of aromatic nitrogens is 6. The number of nitrogens with zero attached hydrogens (tertiary/aromatic N) is 8. The second kappa shape index (κ2) is 9.84. The van der Waals surface area contributed by atoms with Crippen molar-refractivity contribution in [3.8, 4) is 11.3 Å². The molecule has 2 aliphatic rings. The number of fused-ring (bicyclic) bond motifs is 1. The zero-order valence-electron chi connectivity index (χ0n) is 21.1. The predicted octanol–water partition coefficient (Wildman–Crippen LogP) is 2.35. The van der Waals surface area contributed by atoms with Crippen molar-refractivity contribution in [1.82, 2.24) is 34.4 Å². The zero-order valence-corrected chi connectivity index (χ0v) is 21.1. The summed E-state index contributed by atoms with van der Waals surface area (Å²) >= 11 is 0. The van der Waals surface area contributed by atoms with Gasteiger partial charge in [-0.15, -0.1) is 0 Å². The van der Waals surface area contributed by atoms with Gasteiger partial charge in [-0.25, -0.2) is 24.7 Å². The summed E-state index contributed by atoms with van der Waals surface area (Å²) in [7, 11) is 0. The Morgan fingerprint density at radius 3 is 2.44 bits per heavy atom. The molecule has 2 saturated heterocycles. The molecule has 2 N–H and O–H groups in total. The molecule has 3 aromatic heterocycles. The van der Waals surface area contributed by atoms with Crippen LogP contribution >= 0.6 is 0 Å². The highest BCUT2D eigenvalue weighted by Gasteiger charge is 2.28. The van der Waals surface area contributed by atoms with Crippen LogP contribution in [-0.2, 0) is 16.0 Å². The molecule has 0 aromatic carbocycles. The molecule has 1 amide bonds. The molecule has 192 valence electrons. The Bertz CT molecular complexity index is 1210. The van der Waals surface area contributed by atoms with Gasteiger partial charge in [0.1, 0.15) is 16.8 Å². The van der Waals surface area contributed by atoms with Crippen LogP contribution in [0.25, 0.3) is 22.4 Å². The maximum absolute atomic E-state index is 12.4. The number of hydrogen-bond donors (Lipinski definition) is 1. The summed E-state index contributed by atoms with van der Waals surface area (Å²) in [5.74, 6) is 1.24. The van der Waals surface area contributed by atoms with E-state index >= 15 is 0 Å². The van der Waals surface area contributed by atoms with E-state index in [2.05, 4.69) is 24.4 Å². The molecule has 0 unspecified atom stereocenters. The van der Waals surface area contributed by atoms with Gasteiger partial charge in [-0.05, 0) is 39.5 Å². The number of carbonyl (C=O) groups is 1. The first-order valence-corrected chi connectivity index (χ1v) is 12.4. The van der Waals surface area contributed by atoms with Gasteiger partial charge >= 0.3 is 6.09 Å². The Morgan fingerprint density at radius 2 is 1.78 bits per heavy atom. The highest BCUT2D eigenvalue weighted by atomic mass is 16.6. The van der Waals surface area contributed by atoms with E-state index in [1.165, 1.54) is 0 Å². The summed E-state index contributed by atoms with van der Waals surface area (Å²) in [4.78, 5) is 39.1. The number of piperidine rings is 1. The van der Waals surface area contributed by atoms with E-state index in [0.29, 0.717) is 49.4 Å². The molecule has 12 heteroatoms. The minimum Gasteiger partial charge on any atom is -0.444 e. The molecule has 5 heterocycles. The summed E-state index contributed by atoms with van der Waals surface area (Å²) in [5.41, 5.74) is 8.10. The molecule has 0 radical (unpaired) electrons. The number of ether oxygens (including phenoxy) is 2. The first kappa shape index (κ1) is 24.2. The number of nitrogen functional groups attached to an aromatic ring is 1. The average Bonchev–Trinajstić information content (AvgIpc) is 3.26. The van der Waals surface area contributed by atoms with Crippen molar-refractivity contribution in [3.63, 3.8) is 0 Å². The van der Waals surface area contributed by atoms with Crippen molar-refractivity contribution in [2.75, 3.05) is 50.0 Å². The highest BCUT2D eigenvalue weighted by molar-refractivity contribution is 5.88. The number of anilines is 2. The second-order valence-corrected chi connectivity index (χ2v) is 10.3. The number of hydrogen-bond acceptors (Lipinski definition) is 10. The Balaban J connectivity index is 1.39. The lowest BCUT2D eigenvalue weighted by atomic mass is 9.97. The lowest BCUT2D eigenvalue weighted by molar-refractivity contribution is 0.0178. The third-order valence-corrected chi connectivity index (χ3v) is 6.41. The largest absolute Gasteiger partial charge is 0.444 e. The van der Waals surface area contributed by atoms with Gasteiger partial charge < -0.3 is 29.6 Å². The van der Waals surface area contributed by atoms with Gasteiger partial charge in [-0.1, -0.05) is 0 Å². The standard InChI is InChI=1S/C24H33N9O3/c1-24(2,3)36-23(34)32-6-4-16(5-7-32)14-33-15-28-19-18(17-12-26-21(25)27-13-17)29-22(30-20(19)33)31-8-10-35-11-9-31/h12-13,15-16H,4-11,14H2,1-3H3,(H2,25,26,27). The summed E-state index contributed by atoms with van der Waals surface area (Å²) in [5, 5.41) is 0. The third-order valence-electron chi connectivity index (χ3n) is 6.41. The topological polar surface area (TPSA) is 137 Å². The van der Waals surface area contributed by atoms with Crippen LogP contribution in [0.4, 0.5) is 16.7 Å². The quantitative estimate of drug-likeness (QED) is 0.574.